The zero-order chi connectivity index (χ0) is 9.40. The Hall–Kier alpha value is -0.0900. The number of unbranched alkanes of at least 4 members (excludes halogenated alkanes) is 2. The van der Waals surface area contributed by atoms with Gasteiger partial charge in [-0.15, -0.1) is 0 Å². The number of hydrogen-bond acceptors (Lipinski definition) is 2. The molecular formula is C8H19NO2S. The van der Waals surface area contributed by atoms with Gasteiger partial charge in [-0.25, -0.2) is 13.1 Å². The van der Waals surface area contributed by atoms with Gasteiger partial charge in [-0.05, 0) is 12.3 Å². The van der Waals surface area contributed by atoms with E-state index in [9.17, 15) is 8.42 Å². The van der Waals surface area contributed by atoms with Crippen molar-refractivity contribution in [1.82, 2.24) is 4.72 Å². The Morgan fingerprint density at radius 3 is 2.33 bits per heavy atom. The largest absolute Gasteiger partial charge is 0.218 e. The van der Waals surface area contributed by atoms with Crippen molar-refractivity contribution in [1.29, 1.82) is 0 Å². The predicted octanol–water partition coefficient (Wildman–Crippen LogP) is 1.32. The molecule has 3 nitrogen and oxygen atoms in total. The Morgan fingerprint density at radius 1 is 1.17 bits per heavy atom. The third-order valence-corrected chi connectivity index (χ3v) is 2.18. The van der Waals surface area contributed by atoms with Crippen LogP contribution in [0, 0.1) is 5.92 Å². The first-order valence-electron chi connectivity index (χ1n) is 4.51. The Kier molecular flexibility index (Phi) is 7.50. The van der Waals surface area contributed by atoms with Crippen molar-refractivity contribution in [2.45, 2.75) is 39.5 Å². The van der Waals surface area contributed by atoms with E-state index in [1.807, 2.05) is 0 Å². The van der Waals surface area contributed by atoms with Crippen molar-refractivity contribution in [3.05, 3.63) is 0 Å². The van der Waals surface area contributed by atoms with E-state index < -0.39 is 10.9 Å². The van der Waals surface area contributed by atoms with Gasteiger partial charge >= 0.3 is 0 Å². The van der Waals surface area contributed by atoms with Crippen molar-refractivity contribution in [3.63, 3.8) is 0 Å². The Balaban J connectivity index is 3.01. The summed E-state index contributed by atoms with van der Waals surface area (Å²) in [6, 6.07) is 0. The molecule has 0 atom stereocenters. The quantitative estimate of drug-likeness (QED) is 0.473. The van der Waals surface area contributed by atoms with Gasteiger partial charge in [0, 0.05) is 6.54 Å². The molecule has 0 spiro atoms. The number of nitrogens with one attached hydrogen (secondary N) is 1. The summed E-state index contributed by atoms with van der Waals surface area (Å²) >= 11 is 0. The summed E-state index contributed by atoms with van der Waals surface area (Å²) in [6.45, 7) is 5.00. The molecule has 0 aromatic rings. The standard InChI is InChI=1S/C8H19NO2S/c1-8(2)6-4-3-5-7-9-12(10)11/h8,12H,3-7H2,1-2H3,(H,9,10,11). The second-order valence-electron chi connectivity index (χ2n) is 3.41. The molecule has 74 valence electrons. The minimum atomic E-state index is -2.38. The summed E-state index contributed by atoms with van der Waals surface area (Å²) in [4.78, 5) is 0. The first-order chi connectivity index (χ1) is 5.63. The topological polar surface area (TPSA) is 46.2 Å². The van der Waals surface area contributed by atoms with Crippen molar-refractivity contribution in [2.75, 3.05) is 6.54 Å². The van der Waals surface area contributed by atoms with Gasteiger partial charge < -0.3 is 0 Å². The first kappa shape index (κ1) is 11.9. The predicted molar refractivity (Wildman–Crippen MR) is 51.6 cm³/mol. The van der Waals surface area contributed by atoms with Crippen molar-refractivity contribution >= 4 is 10.9 Å². The molecule has 0 heterocycles. The highest BCUT2D eigenvalue weighted by Crippen LogP contribution is 2.07. The monoisotopic (exact) mass is 193 g/mol. The number of rotatable bonds is 7. The average molecular weight is 193 g/mol. The zero-order valence-electron chi connectivity index (χ0n) is 7.88. The van der Waals surface area contributed by atoms with Crippen LogP contribution in [0.3, 0.4) is 0 Å². The summed E-state index contributed by atoms with van der Waals surface area (Å²) in [5, 5.41) is 0. The molecule has 0 saturated heterocycles. The molecule has 0 amide bonds. The van der Waals surface area contributed by atoms with Crippen LogP contribution < -0.4 is 4.72 Å². The maximum atomic E-state index is 10.1. The van der Waals surface area contributed by atoms with E-state index >= 15 is 0 Å². The van der Waals surface area contributed by atoms with E-state index in [1.54, 1.807) is 0 Å². The molecule has 0 aliphatic carbocycles. The summed E-state index contributed by atoms with van der Waals surface area (Å²) in [6.07, 6.45) is 4.52. The van der Waals surface area contributed by atoms with Gasteiger partial charge in [0.25, 0.3) is 0 Å². The molecule has 0 saturated carbocycles. The van der Waals surface area contributed by atoms with E-state index in [0.29, 0.717) is 6.54 Å². The van der Waals surface area contributed by atoms with Crippen molar-refractivity contribution in [3.8, 4) is 0 Å². The van der Waals surface area contributed by atoms with E-state index in [1.165, 1.54) is 12.8 Å². The average Bonchev–Trinajstić information content (AvgIpc) is 1.95. The number of thiol groups is 1. The highest BCUT2D eigenvalue weighted by Gasteiger charge is 1.93. The maximum Gasteiger partial charge on any atom is 0.201 e. The summed E-state index contributed by atoms with van der Waals surface area (Å²) in [7, 11) is -2.38. The van der Waals surface area contributed by atoms with Crippen LogP contribution in [0.4, 0.5) is 0 Å². The SMILES string of the molecule is CC(C)CCCCCN[SH](=O)=O. The second-order valence-corrected chi connectivity index (χ2v) is 4.24. The fourth-order valence-electron chi connectivity index (χ4n) is 1.02. The van der Waals surface area contributed by atoms with Crippen LogP contribution in [0.5, 0.6) is 0 Å². The van der Waals surface area contributed by atoms with Gasteiger partial charge in [-0.3, -0.25) is 0 Å². The highest BCUT2D eigenvalue weighted by atomic mass is 32.2. The van der Waals surface area contributed by atoms with Crippen LogP contribution in [0.15, 0.2) is 0 Å². The highest BCUT2D eigenvalue weighted by molar-refractivity contribution is 7.70. The Bertz CT molecular complexity index is 158. The third kappa shape index (κ3) is 9.91. The molecule has 0 aliphatic rings. The van der Waals surface area contributed by atoms with Crippen LogP contribution in [0.2, 0.25) is 0 Å². The fraction of sp³-hybridized carbons (Fsp3) is 1.00. The van der Waals surface area contributed by atoms with E-state index in [4.69, 9.17) is 0 Å². The molecule has 12 heavy (non-hydrogen) atoms. The van der Waals surface area contributed by atoms with E-state index in [2.05, 4.69) is 18.6 Å². The van der Waals surface area contributed by atoms with Gasteiger partial charge in [-0.2, -0.15) is 0 Å². The van der Waals surface area contributed by atoms with E-state index in [0.717, 1.165) is 18.8 Å². The molecule has 0 radical (unpaired) electrons. The molecule has 0 fully saturated rings. The molecule has 0 bridgehead atoms. The summed E-state index contributed by atoms with van der Waals surface area (Å²) in [5.74, 6) is 0.758. The van der Waals surface area contributed by atoms with E-state index in [-0.39, 0.29) is 0 Å². The minimum absolute atomic E-state index is 0.594. The normalized spacial score (nSPS) is 11.3. The van der Waals surface area contributed by atoms with Crippen LogP contribution in [0.25, 0.3) is 0 Å². The van der Waals surface area contributed by atoms with Gasteiger partial charge in [0.1, 0.15) is 0 Å². The third-order valence-electron chi connectivity index (χ3n) is 1.70. The first-order valence-corrected chi connectivity index (χ1v) is 5.68. The van der Waals surface area contributed by atoms with Gasteiger partial charge in [0.05, 0.1) is 0 Å². The minimum Gasteiger partial charge on any atom is -0.218 e. The summed E-state index contributed by atoms with van der Waals surface area (Å²) < 4.78 is 22.5. The fourth-order valence-corrected chi connectivity index (χ4v) is 1.37. The van der Waals surface area contributed by atoms with Crippen LogP contribution in [-0.2, 0) is 10.9 Å². The second kappa shape index (κ2) is 7.55. The van der Waals surface area contributed by atoms with Gasteiger partial charge in [0.15, 0.2) is 0 Å². The molecule has 0 aromatic carbocycles. The lowest BCUT2D eigenvalue weighted by atomic mass is 10.1. The van der Waals surface area contributed by atoms with Gasteiger partial charge in [-0.1, -0.05) is 33.1 Å². The molecule has 0 aromatic heterocycles. The van der Waals surface area contributed by atoms with Crippen LogP contribution >= 0.6 is 0 Å². The molecule has 4 heteroatoms. The molecular weight excluding hydrogens is 174 g/mol. The lowest BCUT2D eigenvalue weighted by molar-refractivity contribution is 0.524. The lowest BCUT2D eigenvalue weighted by Gasteiger charge is -2.02. The summed E-state index contributed by atoms with van der Waals surface area (Å²) in [5.41, 5.74) is 0. The van der Waals surface area contributed by atoms with Crippen molar-refractivity contribution < 1.29 is 8.42 Å². The molecule has 1 N–H and O–H groups in total. The molecule has 0 aliphatic heterocycles. The molecule has 0 unspecified atom stereocenters. The number of hydrogen-bond donors (Lipinski definition) is 2. The van der Waals surface area contributed by atoms with Gasteiger partial charge in [0.2, 0.25) is 10.9 Å². The van der Waals surface area contributed by atoms with Crippen LogP contribution in [0.1, 0.15) is 39.5 Å². The van der Waals surface area contributed by atoms with Crippen LogP contribution in [-0.4, -0.2) is 15.0 Å². The Labute approximate surface area is 76.6 Å². The zero-order valence-corrected chi connectivity index (χ0v) is 8.77. The lowest BCUT2D eigenvalue weighted by Crippen LogP contribution is -2.12. The Morgan fingerprint density at radius 2 is 1.83 bits per heavy atom. The molecule has 0 rings (SSSR count). The maximum absolute atomic E-state index is 10.1. The smallest absolute Gasteiger partial charge is 0.201 e. The van der Waals surface area contributed by atoms with Crippen molar-refractivity contribution in [2.24, 2.45) is 5.92 Å².